The second-order valence-corrected chi connectivity index (χ2v) is 5.87. The maximum atomic E-state index is 9.00. The molecule has 1 fully saturated rings. The van der Waals surface area contributed by atoms with Crippen molar-refractivity contribution in [1.82, 2.24) is 9.97 Å². The van der Waals surface area contributed by atoms with Crippen molar-refractivity contribution in [2.24, 2.45) is 0 Å². The molecule has 0 radical (unpaired) electrons. The molecule has 2 aromatic rings. The largest absolute Gasteiger partial charge is 0.395 e. The summed E-state index contributed by atoms with van der Waals surface area (Å²) in [6.45, 7) is 2.45. The molecule has 1 saturated heterocycles. The molecule has 1 aromatic carbocycles. The number of nitrogens with one attached hydrogen (secondary N) is 2. The Morgan fingerprint density at radius 2 is 2.08 bits per heavy atom. The van der Waals surface area contributed by atoms with Crippen LogP contribution in [0.25, 0.3) is 0 Å². The van der Waals surface area contributed by atoms with E-state index in [1.165, 1.54) is 0 Å². The maximum Gasteiger partial charge on any atom is 0.224 e. The molecule has 0 spiro atoms. The fraction of sp³-hybridized carbons (Fsp3) is 0.389. The Morgan fingerprint density at radius 1 is 1.24 bits per heavy atom. The van der Waals surface area contributed by atoms with Gasteiger partial charge in [0, 0.05) is 31.7 Å². The maximum absolute atomic E-state index is 9.00. The standard InChI is InChI=1S/C18H21N5O2/c19-10-13-1-3-14(4-2-13)11-21-17-9-16(15-5-8-25-12-15)22-18(23-17)20-6-7-24/h1-4,9,15,24H,5-8,11-12H2,(H2,20,21,22,23)/t15-/m1/s1. The van der Waals surface area contributed by atoms with Crippen LogP contribution in [-0.4, -0.2) is 41.4 Å². The van der Waals surface area contributed by atoms with Gasteiger partial charge in [0.1, 0.15) is 5.82 Å². The Balaban J connectivity index is 1.73. The average molecular weight is 339 g/mol. The van der Waals surface area contributed by atoms with Gasteiger partial charge in [0.15, 0.2) is 0 Å². The molecule has 0 unspecified atom stereocenters. The van der Waals surface area contributed by atoms with Crippen molar-refractivity contribution in [1.29, 1.82) is 5.26 Å². The highest BCUT2D eigenvalue weighted by Gasteiger charge is 2.20. The van der Waals surface area contributed by atoms with Crippen molar-refractivity contribution in [3.8, 4) is 6.07 Å². The molecule has 7 nitrogen and oxygen atoms in total. The predicted molar refractivity (Wildman–Crippen MR) is 94.3 cm³/mol. The number of ether oxygens (including phenoxy) is 1. The van der Waals surface area contributed by atoms with E-state index in [4.69, 9.17) is 15.1 Å². The van der Waals surface area contributed by atoms with Crippen LogP contribution in [0.1, 0.15) is 29.2 Å². The highest BCUT2D eigenvalue weighted by atomic mass is 16.5. The lowest BCUT2D eigenvalue weighted by Gasteiger charge is -2.13. The zero-order valence-electron chi connectivity index (χ0n) is 13.9. The first-order valence-corrected chi connectivity index (χ1v) is 8.33. The quantitative estimate of drug-likeness (QED) is 0.707. The van der Waals surface area contributed by atoms with Gasteiger partial charge in [0.05, 0.1) is 30.5 Å². The van der Waals surface area contributed by atoms with Crippen molar-refractivity contribution in [3.05, 3.63) is 47.2 Å². The van der Waals surface area contributed by atoms with Crippen LogP contribution in [-0.2, 0) is 11.3 Å². The van der Waals surface area contributed by atoms with E-state index in [9.17, 15) is 0 Å². The summed E-state index contributed by atoms with van der Waals surface area (Å²) in [6, 6.07) is 11.5. The number of aromatic nitrogens is 2. The SMILES string of the molecule is N#Cc1ccc(CNc2cc([C@@H]3CCOC3)nc(NCCO)n2)cc1. The third-order valence-corrected chi connectivity index (χ3v) is 4.05. The second kappa shape index (κ2) is 8.42. The van der Waals surface area contributed by atoms with Gasteiger partial charge in [-0.2, -0.15) is 10.2 Å². The number of benzene rings is 1. The van der Waals surface area contributed by atoms with E-state index in [0.29, 0.717) is 31.2 Å². The Morgan fingerprint density at radius 3 is 2.76 bits per heavy atom. The van der Waals surface area contributed by atoms with E-state index >= 15 is 0 Å². The van der Waals surface area contributed by atoms with E-state index in [2.05, 4.69) is 26.7 Å². The Labute approximate surface area is 146 Å². The molecular weight excluding hydrogens is 318 g/mol. The average Bonchev–Trinajstić information content (AvgIpc) is 3.20. The molecule has 1 aromatic heterocycles. The van der Waals surface area contributed by atoms with E-state index < -0.39 is 0 Å². The summed E-state index contributed by atoms with van der Waals surface area (Å²) in [5.41, 5.74) is 2.65. The summed E-state index contributed by atoms with van der Waals surface area (Å²) >= 11 is 0. The van der Waals surface area contributed by atoms with Gasteiger partial charge in [-0.1, -0.05) is 12.1 Å². The number of hydrogen-bond acceptors (Lipinski definition) is 7. The van der Waals surface area contributed by atoms with Crippen molar-refractivity contribution in [3.63, 3.8) is 0 Å². The molecular formula is C18H21N5O2. The van der Waals surface area contributed by atoms with Crippen LogP contribution in [0, 0.1) is 11.3 Å². The topological polar surface area (TPSA) is 103 Å². The zero-order valence-corrected chi connectivity index (χ0v) is 13.9. The molecule has 0 bridgehead atoms. The molecule has 3 N–H and O–H groups in total. The first-order valence-electron chi connectivity index (χ1n) is 8.33. The molecule has 0 saturated carbocycles. The number of aliphatic hydroxyl groups excluding tert-OH is 1. The molecule has 3 rings (SSSR count). The minimum Gasteiger partial charge on any atom is -0.395 e. The van der Waals surface area contributed by atoms with Crippen molar-refractivity contribution in [2.75, 3.05) is 37.0 Å². The normalized spacial score (nSPS) is 16.4. The molecule has 0 aliphatic carbocycles. The zero-order chi connectivity index (χ0) is 17.5. The first-order chi connectivity index (χ1) is 12.3. The molecule has 25 heavy (non-hydrogen) atoms. The molecule has 1 atom stereocenters. The van der Waals surface area contributed by atoms with Crippen molar-refractivity contribution in [2.45, 2.75) is 18.9 Å². The summed E-state index contributed by atoms with van der Waals surface area (Å²) in [5, 5.41) is 24.2. The second-order valence-electron chi connectivity index (χ2n) is 5.87. The third kappa shape index (κ3) is 4.66. The van der Waals surface area contributed by atoms with Crippen LogP contribution < -0.4 is 10.6 Å². The third-order valence-electron chi connectivity index (χ3n) is 4.05. The van der Waals surface area contributed by atoms with Crippen LogP contribution in [0.3, 0.4) is 0 Å². The van der Waals surface area contributed by atoms with E-state index in [0.717, 1.165) is 30.1 Å². The monoisotopic (exact) mass is 339 g/mol. The fourth-order valence-electron chi connectivity index (χ4n) is 2.67. The lowest BCUT2D eigenvalue weighted by Crippen LogP contribution is -2.13. The molecule has 130 valence electrons. The highest BCUT2D eigenvalue weighted by Crippen LogP contribution is 2.26. The van der Waals surface area contributed by atoms with Gasteiger partial charge in [0.25, 0.3) is 0 Å². The van der Waals surface area contributed by atoms with Crippen LogP contribution in [0.4, 0.5) is 11.8 Å². The van der Waals surface area contributed by atoms with Crippen molar-refractivity contribution < 1.29 is 9.84 Å². The van der Waals surface area contributed by atoms with Gasteiger partial charge in [0.2, 0.25) is 5.95 Å². The van der Waals surface area contributed by atoms with Gasteiger partial charge in [-0.15, -0.1) is 0 Å². The van der Waals surface area contributed by atoms with E-state index in [1.54, 1.807) is 12.1 Å². The van der Waals surface area contributed by atoms with Gasteiger partial charge in [-0.25, -0.2) is 4.98 Å². The predicted octanol–water partition coefficient (Wildman–Crippen LogP) is 1.87. The summed E-state index contributed by atoms with van der Waals surface area (Å²) in [5.74, 6) is 1.50. The van der Waals surface area contributed by atoms with E-state index in [-0.39, 0.29) is 12.5 Å². The molecule has 2 heterocycles. The van der Waals surface area contributed by atoms with Gasteiger partial charge in [-0.3, -0.25) is 0 Å². The Kier molecular flexibility index (Phi) is 5.77. The van der Waals surface area contributed by atoms with E-state index in [1.807, 2.05) is 18.2 Å². The van der Waals surface area contributed by atoms with Gasteiger partial charge in [-0.05, 0) is 24.1 Å². The number of nitrogens with zero attached hydrogens (tertiary/aromatic N) is 3. The van der Waals surface area contributed by atoms with Crippen LogP contribution in [0.2, 0.25) is 0 Å². The summed E-state index contributed by atoms with van der Waals surface area (Å²) in [6.07, 6.45) is 0.950. The lowest BCUT2D eigenvalue weighted by molar-refractivity contribution is 0.193. The Bertz CT molecular complexity index is 736. The summed E-state index contributed by atoms with van der Waals surface area (Å²) in [7, 11) is 0. The fourth-order valence-corrected chi connectivity index (χ4v) is 2.67. The number of nitriles is 1. The smallest absolute Gasteiger partial charge is 0.224 e. The summed E-state index contributed by atoms with van der Waals surface area (Å²) < 4.78 is 5.46. The molecule has 0 amide bonds. The minimum atomic E-state index is 0.0220. The minimum absolute atomic E-state index is 0.0220. The van der Waals surface area contributed by atoms with Crippen LogP contribution in [0.5, 0.6) is 0 Å². The number of anilines is 2. The number of aliphatic hydroxyl groups is 1. The van der Waals surface area contributed by atoms with Crippen LogP contribution in [0.15, 0.2) is 30.3 Å². The van der Waals surface area contributed by atoms with Gasteiger partial charge >= 0.3 is 0 Å². The number of rotatable bonds is 7. The first kappa shape index (κ1) is 17.1. The Hall–Kier alpha value is -2.69. The molecule has 7 heteroatoms. The number of hydrogen-bond donors (Lipinski definition) is 3. The van der Waals surface area contributed by atoms with Crippen LogP contribution >= 0.6 is 0 Å². The highest BCUT2D eigenvalue weighted by molar-refractivity contribution is 5.44. The van der Waals surface area contributed by atoms with Crippen molar-refractivity contribution >= 4 is 11.8 Å². The van der Waals surface area contributed by atoms with Gasteiger partial charge < -0.3 is 20.5 Å². The molecule has 1 aliphatic heterocycles. The molecule has 1 aliphatic rings. The lowest BCUT2D eigenvalue weighted by atomic mass is 10.0. The summed E-state index contributed by atoms with van der Waals surface area (Å²) in [4.78, 5) is 8.99.